The monoisotopic (exact) mass is 374 g/mol. The minimum Gasteiger partial charge on any atom is -0.394 e. The van der Waals surface area contributed by atoms with E-state index in [0.717, 1.165) is 13.8 Å². The molecule has 0 fully saturated rings. The molecule has 4 N–H and O–H groups in total. The van der Waals surface area contributed by atoms with Crippen molar-refractivity contribution in [3.05, 3.63) is 0 Å². The topological polar surface area (TPSA) is 149 Å². The third-order valence-corrected chi connectivity index (χ3v) is 4.42. The van der Waals surface area contributed by atoms with E-state index in [9.17, 15) is 25.6 Å². The lowest BCUT2D eigenvalue weighted by atomic mass is 10.3. The molecule has 3 atom stereocenters. The molecule has 0 spiro atoms. The van der Waals surface area contributed by atoms with E-state index < -0.39 is 50.2 Å². The van der Waals surface area contributed by atoms with Crippen molar-refractivity contribution in [1.29, 1.82) is 0 Å². The van der Waals surface area contributed by atoms with E-state index in [1.807, 2.05) is 6.92 Å². The third-order valence-electron chi connectivity index (χ3n) is 2.13. The van der Waals surface area contributed by atoms with Crippen LogP contribution in [-0.2, 0) is 20.2 Å². The molecule has 0 aromatic rings. The maximum absolute atomic E-state index is 11.3. The van der Waals surface area contributed by atoms with Crippen molar-refractivity contribution < 1.29 is 44.9 Å². The number of hydrogen-bond donors (Lipinski definition) is 4. The van der Waals surface area contributed by atoms with Gasteiger partial charge in [-0.1, -0.05) is 6.92 Å². The molecule has 0 aromatic carbocycles. The highest BCUT2D eigenvalue weighted by Gasteiger charge is 2.16. The maximum atomic E-state index is 11.3. The van der Waals surface area contributed by atoms with Crippen LogP contribution in [0.5, 0.6) is 0 Å². The van der Waals surface area contributed by atoms with Crippen LogP contribution in [0.3, 0.4) is 0 Å². The molecule has 0 aliphatic rings. The van der Waals surface area contributed by atoms with Crippen molar-refractivity contribution >= 4 is 20.2 Å². The van der Waals surface area contributed by atoms with Gasteiger partial charge in [-0.3, -0.25) is 9.11 Å². The summed E-state index contributed by atoms with van der Waals surface area (Å²) in [6.07, 6.45) is 0.126. The van der Waals surface area contributed by atoms with Gasteiger partial charge in [-0.15, -0.1) is 0 Å². The zero-order valence-electron chi connectivity index (χ0n) is 12.6. The van der Waals surface area contributed by atoms with Crippen LogP contribution in [0.2, 0.25) is 0 Å². The van der Waals surface area contributed by atoms with Crippen LogP contribution in [0.25, 0.3) is 0 Å². The second kappa shape index (κ2) is 13.1. The first-order valence-electron chi connectivity index (χ1n) is 6.11. The van der Waals surface area contributed by atoms with Crippen molar-refractivity contribution in [3.63, 3.8) is 0 Å². The van der Waals surface area contributed by atoms with Crippen molar-refractivity contribution in [1.82, 2.24) is 0 Å². The summed E-state index contributed by atoms with van der Waals surface area (Å²) in [5.74, 6) is 0. The van der Waals surface area contributed by atoms with Gasteiger partial charge in [0.1, 0.15) is 23.8 Å². The largest absolute Gasteiger partial charge is 0.394 e. The highest BCUT2D eigenvalue weighted by molar-refractivity contribution is 7.86. The van der Waals surface area contributed by atoms with Gasteiger partial charge < -0.3 is 10.2 Å². The average molecular weight is 374 g/mol. The van der Waals surface area contributed by atoms with Gasteiger partial charge in [0.15, 0.2) is 0 Å². The number of halogens is 2. The first-order valence-corrected chi connectivity index (χ1v) is 9.11. The lowest BCUT2D eigenvalue weighted by molar-refractivity contribution is 0.0923. The van der Waals surface area contributed by atoms with E-state index in [-0.39, 0.29) is 6.61 Å². The number of aliphatic hydroxyl groups excluding tert-OH is 2. The second-order valence-corrected chi connectivity index (χ2v) is 7.87. The Balaban J connectivity index is -0.000000249. The number of hydrogen-bond acceptors (Lipinski definition) is 6. The molecule has 138 valence electrons. The summed E-state index contributed by atoms with van der Waals surface area (Å²) in [5.41, 5.74) is 0. The molecule has 12 heteroatoms. The Morgan fingerprint density at radius 2 is 1.18 bits per heavy atom. The summed E-state index contributed by atoms with van der Waals surface area (Å²) >= 11 is 0. The molecule has 0 rings (SSSR count). The quantitative estimate of drug-likeness (QED) is 0.482. The van der Waals surface area contributed by atoms with E-state index >= 15 is 0 Å². The summed E-state index contributed by atoms with van der Waals surface area (Å²) in [4.78, 5) is 0. The average Bonchev–Trinajstić information content (AvgIpc) is 2.43. The van der Waals surface area contributed by atoms with Gasteiger partial charge >= 0.3 is 0 Å². The van der Waals surface area contributed by atoms with E-state index in [0.29, 0.717) is 6.42 Å². The summed E-state index contributed by atoms with van der Waals surface area (Å²) in [6, 6.07) is 0. The Kier molecular flexibility index (Phi) is 15.7. The Morgan fingerprint density at radius 1 is 0.909 bits per heavy atom. The van der Waals surface area contributed by atoms with Crippen molar-refractivity contribution in [2.24, 2.45) is 0 Å². The lowest BCUT2D eigenvalue weighted by Gasteiger charge is -1.98. The molecular formula is C10H24F2O8S2. The molecule has 0 radical (unpaired) electrons. The molecule has 0 aliphatic carbocycles. The third kappa shape index (κ3) is 17.7. The highest BCUT2D eigenvalue weighted by Crippen LogP contribution is 1.96. The van der Waals surface area contributed by atoms with Crippen LogP contribution >= 0.6 is 0 Å². The van der Waals surface area contributed by atoms with E-state index in [4.69, 9.17) is 19.3 Å². The molecule has 0 heterocycles. The predicted octanol–water partition coefficient (Wildman–Crippen LogP) is 0.214. The number of alkyl halides is 2. The Hall–Kier alpha value is -0.400. The Labute approximate surface area is 129 Å². The van der Waals surface area contributed by atoms with Crippen molar-refractivity contribution in [2.75, 3.05) is 20.0 Å². The van der Waals surface area contributed by atoms with Crippen LogP contribution in [-0.4, -0.2) is 72.7 Å². The summed E-state index contributed by atoms with van der Waals surface area (Å²) in [5, 5.41) is 13.9. The standard InChI is InChI=1S/C4H10O2.2C3H7FO3S/c1-2-4(6)3-5;2*1-3(2-4)8(5,6)7/h4-6H,2-3H2,1H3;2*3H,2H2,1H3,(H,5,6,7). The fourth-order valence-electron chi connectivity index (χ4n) is 0.288. The lowest BCUT2D eigenvalue weighted by Crippen LogP contribution is -2.17. The van der Waals surface area contributed by atoms with Crippen LogP contribution in [0.4, 0.5) is 8.78 Å². The molecule has 0 aliphatic heterocycles. The first kappa shape index (κ1) is 26.5. The summed E-state index contributed by atoms with van der Waals surface area (Å²) in [6.45, 7) is 1.81. The van der Waals surface area contributed by atoms with E-state index in [1.54, 1.807) is 0 Å². The van der Waals surface area contributed by atoms with Gasteiger partial charge in [0.25, 0.3) is 20.2 Å². The fraction of sp³-hybridized carbons (Fsp3) is 1.00. The molecule has 0 bridgehead atoms. The number of rotatable bonds is 6. The SMILES string of the molecule is CC(CF)S(=O)(=O)O.CC(CF)S(=O)(=O)O.CCC(O)CO. The Morgan fingerprint density at radius 3 is 1.18 bits per heavy atom. The summed E-state index contributed by atoms with van der Waals surface area (Å²) < 4.78 is 78.2. The van der Waals surface area contributed by atoms with Crippen molar-refractivity contribution in [3.8, 4) is 0 Å². The molecule has 0 amide bonds. The molecule has 0 saturated carbocycles. The molecule has 0 saturated heterocycles. The normalized spacial score (nSPS) is 15.5. The molecule has 22 heavy (non-hydrogen) atoms. The van der Waals surface area contributed by atoms with Crippen LogP contribution in [0.15, 0.2) is 0 Å². The van der Waals surface area contributed by atoms with Crippen LogP contribution < -0.4 is 0 Å². The minimum atomic E-state index is -4.13. The Bertz CT molecular complexity index is 410. The minimum absolute atomic E-state index is 0.115. The van der Waals surface area contributed by atoms with Gasteiger partial charge in [-0.05, 0) is 20.3 Å². The van der Waals surface area contributed by atoms with Gasteiger partial charge in [0.2, 0.25) is 0 Å². The van der Waals surface area contributed by atoms with E-state index in [1.165, 1.54) is 0 Å². The van der Waals surface area contributed by atoms with Gasteiger partial charge in [0.05, 0.1) is 12.7 Å². The van der Waals surface area contributed by atoms with Crippen LogP contribution in [0, 0.1) is 0 Å². The predicted molar refractivity (Wildman–Crippen MR) is 77.4 cm³/mol. The molecule has 0 aromatic heterocycles. The van der Waals surface area contributed by atoms with Crippen LogP contribution in [0.1, 0.15) is 27.2 Å². The maximum Gasteiger partial charge on any atom is 0.270 e. The molecule has 8 nitrogen and oxygen atoms in total. The zero-order valence-corrected chi connectivity index (χ0v) is 14.2. The smallest absolute Gasteiger partial charge is 0.270 e. The summed E-state index contributed by atoms with van der Waals surface area (Å²) in [7, 11) is -8.26. The molecular weight excluding hydrogens is 350 g/mol. The zero-order chi connectivity index (χ0) is 18.6. The number of aliphatic hydroxyl groups is 2. The first-order chi connectivity index (χ1) is 9.77. The van der Waals surface area contributed by atoms with Crippen molar-refractivity contribution in [2.45, 2.75) is 43.8 Å². The molecule has 3 unspecified atom stereocenters. The van der Waals surface area contributed by atoms with E-state index in [2.05, 4.69) is 0 Å². The fourth-order valence-corrected chi connectivity index (χ4v) is 0.607. The second-order valence-electron chi connectivity index (χ2n) is 4.20. The van der Waals surface area contributed by atoms with Gasteiger partial charge in [-0.2, -0.15) is 16.8 Å². The highest BCUT2D eigenvalue weighted by atomic mass is 32.2. The van der Waals surface area contributed by atoms with Gasteiger partial charge in [-0.25, -0.2) is 8.78 Å². The van der Waals surface area contributed by atoms with Gasteiger partial charge in [0, 0.05) is 0 Å².